The number of nitriles is 1. The molecule has 122 valence electrons. The maximum atomic E-state index is 10.9. The van der Waals surface area contributed by atoms with Gasteiger partial charge in [0.2, 0.25) is 0 Å². The van der Waals surface area contributed by atoms with E-state index in [-0.39, 0.29) is 5.56 Å². The van der Waals surface area contributed by atoms with Crippen molar-refractivity contribution in [2.75, 3.05) is 10.6 Å². The molecule has 0 bridgehead atoms. The molecular weight excluding hydrogens is 318 g/mol. The van der Waals surface area contributed by atoms with Gasteiger partial charge in [0.25, 0.3) is 0 Å². The number of nitrogens with zero attached hydrogens (tertiary/aromatic N) is 3. The van der Waals surface area contributed by atoms with Gasteiger partial charge in [-0.1, -0.05) is 12.1 Å². The van der Waals surface area contributed by atoms with Gasteiger partial charge in [0.05, 0.1) is 16.8 Å². The van der Waals surface area contributed by atoms with Gasteiger partial charge in [0, 0.05) is 11.8 Å². The summed E-state index contributed by atoms with van der Waals surface area (Å²) in [6, 6.07) is 17.3. The molecule has 3 aromatic rings. The highest BCUT2D eigenvalue weighted by molar-refractivity contribution is 5.88. The molecule has 0 saturated heterocycles. The van der Waals surface area contributed by atoms with Crippen LogP contribution in [0.15, 0.2) is 60.9 Å². The van der Waals surface area contributed by atoms with Gasteiger partial charge >= 0.3 is 5.97 Å². The molecule has 0 aliphatic carbocycles. The number of benzene rings is 2. The van der Waals surface area contributed by atoms with Crippen LogP contribution < -0.4 is 10.6 Å². The number of rotatable bonds is 5. The summed E-state index contributed by atoms with van der Waals surface area (Å²) in [6.07, 6.45) is 1.39. The second-order valence-electron chi connectivity index (χ2n) is 5.08. The van der Waals surface area contributed by atoms with E-state index in [4.69, 9.17) is 10.4 Å². The van der Waals surface area contributed by atoms with E-state index in [2.05, 4.69) is 26.7 Å². The van der Waals surface area contributed by atoms with Crippen molar-refractivity contribution in [2.24, 2.45) is 0 Å². The summed E-state index contributed by atoms with van der Waals surface area (Å²) in [4.78, 5) is 19.1. The fourth-order valence-electron chi connectivity index (χ4n) is 2.17. The lowest BCUT2D eigenvalue weighted by Gasteiger charge is -2.09. The van der Waals surface area contributed by atoms with Gasteiger partial charge in [-0.2, -0.15) is 5.26 Å². The molecule has 7 heteroatoms. The molecule has 2 aromatic carbocycles. The maximum Gasteiger partial charge on any atom is 0.335 e. The molecule has 0 amide bonds. The molecule has 25 heavy (non-hydrogen) atoms. The molecule has 0 aliphatic rings. The van der Waals surface area contributed by atoms with Crippen LogP contribution in [0, 0.1) is 11.3 Å². The molecule has 0 atom stereocenters. The van der Waals surface area contributed by atoms with Crippen molar-refractivity contribution in [3.63, 3.8) is 0 Å². The average Bonchev–Trinajstić information content (AvgIpc) is 2.63. The van der Waals surface area contributed by atoms with Gasteiger partial charge in [-0.05, 0) is 36.4 Å². The summed E-state index contributed by atoms with van der Waals surface area (Å²) in [6.45, 7) is 0. The molecule has 3 N–H and O–H groups in total. The number of aromatic carboxylic acids is 1. The lowest BCUT2D eigenvalue weighted by molar-refractivity contribution is 0.0697. The van der Waals surface area contributed by atoms with Crippen LogP contribution in [0.4, 0.5) is 23.0 Å². The highest BCUT2D eigenvalue weighted by Gasteiger charge is 2.05. The van der Waals surface area contributed by atoms with Crippen molar-refractivity contribution >= 4 is 29.0 Å². The van der Waals surface area contributed by atoms with Crippen LogP contribution in [0.5, 0.6) is 0 Å². The zero-order valence-electron chi connectivity index (χ0n) is 13.0. The van der Waals surface area contributed by atoms with Crippen molar-refractivity contribution in [3.8, 4) is 6.07 Å². The molecule has 1 heterocycles. The summed E-state index contributed by atoms with van der Waals surface area (Å²) in [5, 5.41) is 24.2. The molecule has 0 unspecified atom stereocenters. The topological polar surface area (TPSA) is 111 Å². The molecule has 0 aliphatic heterocycles. The predicted octanol–water partition coefficient (Wildman–Crippen LogP) is 3.53. The normalized spacial score (nSPS) is 9.88. The monoisotopic (exact) mass is 331 g/mol. The van der Waals surface area contributed by atoms with Crippen molar-refractivity contribution in [1.29, 1.82) is 5.26 Å². The summed E-state index contributed by atoms with van der Waals surface area (Å²) in [5.41, 5.74) is 2.08. The highest BCUT2D eigenvalue weighted by Crippen LogP contribution is 2.21. The Labute approximate surface area is 143 Å². The van der Waals surface area contributed by atoms with Crippen LogP contribution in [0.3, 0.4) is 0 Å². The van der Waals surface area contributed by atoms with E-state index in [1.165, 1.54) is 18.5 Å². The molecule has 1 aromatic heterocycles. The van der Waals surface area contributed by atoms with Gasteiger partial charge in [-0.15, -0.1) is 0 Å². The van der Waals surface area contributed by atoms with Crippen LogP contribution in [0.25, 0.3) is 0 Å². The van der Waals surface area contributed by atoms with Crippen molar-refractivity contribution < 1.29 is 9.90 Å². The summed E-state index contributed by atoms with van der Waals surface area (Å²) in [5.74, 6) is 0.0913. The van der Waals surface area contributed by atoms with Crippen molar-refractivity contribution in [3.05, 3.63) is 72.1 Å². The number of hydrogen-bond acceptors (Lipinski definition) is 6. The Morgan fingerprint density at radius 1 is 1.00 bits per heavy atom. The zero-order valence-corrected chi connectivity index (χ0v) is 13.0. The van der Waals surface area contributed by atoms with Crippen LogP contribution in [0.1, 0.15) is 15.9 Å². The first kappa shape index (κ1) is 16.0. The average molecular weight is 331 g/mol. The number of aromatic nitrogens is 2. The Hall–Kier alpha value is -3.92. The van der Waals surface area contributed by atoms with Crippen molar-refractivity contribution in [1.82, 2.24) is 9.97 Å². The summed E-state index contributed by atoms with van der Waals surface area (Å²) >= 11 is 0. The third-order valence-corrected chi connectivity index (χ3v) is 3.38. The van der Waals surface area contributed by atoms with E-state index in [9.17, 15) is 4.79 Å². The number of nitrogens with one attached hydrogen (secondary N) is 2. The Bertz CT molecular complexity index is 948. The first-order valence-electron chi connectivity index (χ1n) is 7.34. The van der Waals surface area contributed by atoms with Crippen molar-refractivity contribution in [2.45, 2.75) is 0 Å². The van der Waals surface area contributed by atoms with Gasteiger partial charge in [0.15, 0.2) is 0 Å². The third-order valence-electron chi connectivity index (χ3n) is 3.38. The van der Waals surface area contributed by atoms with Crippen LogP contribution in [-0.4, -0.2) is 21.0 Å². The van der Waals surface area contributed by atoms with Gasteiger partial charge in [0.1, 0.15) is 24.0 Å². The highest BCUT2D eigenvalue weighted by atomic mass is 16.4. The number of para-hydroxylation sites is 1. The van der Waals surface area contributed by atoms with E-state index >= 15 is 0 Å². The van der Waals surface area contributed by atoms with Gasteiger partial charge in [-0.25, -0.2) is 14.8 Å². The lowest BCUT2D eigenvalue weighted by Crippen LogP contribution is -2.00. The number of carboxylic acid groups (broad SMARTS) is 1. The molecule has 0 radical (unpaired) electrons. The molecule has 0 spiro atoms. The second-order valence-corrected chi connectivity index (χ2v) is 5.08. The quantitative estimate of drug-likeness (QED) is 0.655. The van der Waals surface area contributed by atoms with E-state index in [0.29, 0.717) is 28.6 Å². The minimum atomic E-state index is -0.976. The van der Waals surface area contributed by atoms with E-state index in [0.717, 1.165) is 0 Å². The molecule has 7 nitrogen and oxygen atoms in total. The number of carbonyl (C=O) groups is 1. The Kier molecular flexibility index (Phi) is 4.53. The lowest BCUT2D eigenvalue weighted by atomic mass is 10.2. The first-order valence-corrected chi connectivity index (χ1v) is 7.34. The molecule has 0 fully saturated rings. The molecule has 3 rings (SSSR count). The number of hydrogen-bond donors (Lipinski definition) is 3. The fraction of sp³-hybridized carbons (Fsp3) is 0. The standard InChI is InChI=1S/C18H13N5O2/c19-10-13-3-1-2-4-15(13)23-17-9-16(20-11-21-17)22-14-7-5-12(6-8-14)18(24)25/h1-9,11H,(H,24,25)(H2,20,21,22,23). The zero-order chi connectivity index (χ0) is 17.6. The van der Waals surface area contributed by atoms with E-state index in [1.807, 2.05) is 6.07 Å². The minimum Gasteiger partial charge on any atom is -0.478 e. The summed E-state index contributed by atoms with van der Waals surface area (Å²) in [7, 11) is 0. The molecular formula is C18H13N5O2. The number of carboxylic acids is 1. The van der Waals surface area contributed by atoms with Crippen LogP contribution in [0.2, 0.25) is 0 Å². The molecule has 0 saturated carbocycles. The second kappa shape index (κ2) is 7.10. The largest absolute Gasteiger partial charge is 0.478 e. The maximum absolute atomic E-state index is 10.9. The van der Waals surface area contributed by atoms with Gasteiger partial charge in [-0.3, -0.25) is 0 Å². The van der Waals surface area contributed by atoms with Gasteiger partial charge < -0.3 is 15.7 Å². The Morgan fingerprint density at radius 3 is 2.36 bits per heavy atom. The Morgan fingerprint density at radius 2 is 1.68 bits per heavy atom. The SMILES string of the molecule is N#Cc1ccccc1Nc1cc(Nc2ccc(C(=O)O)cc2)ncn1. The van der Waals surface area contributed by atoms with Crippen LogP contribution in [-0.2, 0) is 0 Å². The first-order chi connectivity index (χ1) is 12.2. The minimum absolute atomic E-state index is 0.212. The summed E-state index contributed by atoms with van der Waals surface area (Å²) < 4.78 is 0. The fourth-order valence-corrected chi connectivity index (χ4v) is 2.17. The smallest absolute Gasteiger partial charge is 0.335 e. The third kappa shape index (κ3) is 3.89. The van der Waals surface area contributed by atoms with Crippen LogP contribution >= 0.6 is 0 Å². The number of anilines is 4. The predicted molar refractivity (Wildman–Crippen MR) is 93.2 cm³/mol. The Balaban J connectivity index is 1.77. The van der Waals surface area contributed by atoms with E-state index < -0.39 is 5.97 Å². The van der Waals surface area contributed by atoms with E-state index in [1.54, 1.807) is 36.4 Å².